The summed E-state index contributed by atoms with van der Waals surface area (Å²) in [5.41, 5.74) is 0.445. The van der Waals surface area contributed by atoms with Gasteiger partial charge in [0.1, 0.15) is 5.78 Å². The van der Waals surface area contributed by atoms with Crippen LogP contribution in [0.1, 0.15) is 52.4 Å². The molecule has 0 aromatic rings. The van der Waals surface area contributed by atoms with E-state index < -0.39 is 0 Å². The molecule has 0 atom stereocenters. The monoisotopic (exact) mass is 154 g/mol. The van der Waals surface area contributed by atoms with Crippen LogP contribution in [-0.4, -0.2) is 5.78 Å². The van der Waals surface area contributed by atoms with Gasteiger partial charge in [-0.2, -0.15) is 0 Å². The Kier molecular flexibility index (Phi) is 2.69. The van der Waals surface area contributed by atoms with Crippen LogP contribution in [0, 0.1) is 5.41 Å². The van der Waals surface area contributed by atoms with Crippen molar-refractivity contribution in [3.05, 3.63) is 0 Å². The minimum atomic E-state index is 0.445. The molecule has 0 aromatic heterocycles. The average Bonchev–Trinajstić information content (AvgIpc) is 1.86. The van der Waals surface area contributed by atoms with Crippen LogP contribution < -0.4 is 0 Å². The summed E-state index contributed by atoms with van der Waals surface area (Å²) in [6.45, 7) is 4.42. The molecule has 0 aliphatic heterocycles. The highest BCUT2D eigenvalue weighted by Gasteiger charge is 2.41. The summed E-state index contributed by atoms with van der Waals surface area (Å²) in [6, 6.07) is 0. The van der Waals surface area contributed by atoms with E-state index in [0.717, 1.165) is 12.8 Å². The van der Waals surface area contributed by atoms with E-state index in [4.69, 9.17) is 0 Å². The molecule has 0 N–H and O–H groups in total. The van der Waals surface area contributed by atoms with Crippen molar-refractivity contribution in [2.75, 3.05) is 0 Å². The van der Waals surface area contributed by atoms with Crippen molar-refractivity contribution in [3.8, 4) is 0 Å². The summed E-state index contributed by atoms with van der Waals surface area (Å²) in [6.07, 6.45) is 6.71. The molecule has 1 aliphatic rings. The topological polar surface area (TPSA) is 17.1 Å². The first kappa shape index (κ1) is 8.76. The zero-order chi connectivity index (χ0) is 8.32. The van der Waals surface area contributed by atoms with Crippen molar-refractivity contribution < 1.29 is 4.79 Å². The predicted molar refractivity (Wildman–Crippen MR) is 46.5 cm³/mol. The van der Waals surface area contributed by atoms with Crippen molar-refractivity contribution in [2.45, 2.75) is 52.4 Å². The van der Waals surface area contributed by atoms with Gasteiger partial charge in [0, 0.05) is 12.8 Å². The number of rotatable bonds is 4. The second-order valence-corrected chi connectivity index (χ2v) is 3.89. The lowest BCUT2D eigenvalue weighted by atomic mass is 9.63. The fraction of sp³-hybridized carbons (Fsp3) is 0.900. The van der Waals surface area contributed by atoms with Gasteiger partial charge in [-0.1, -0.05) is 26.7 Å². The molecule has 0 bridgehead atoms. The summed E-state index contributed by atoms with van der Waals surface area (Å²) >= 11 is 0. The Labute approximate surface area is 69.2 Å². The van der Waals surface area contributed by atoms with Crippen molar-refractivity contribution >= 4 is 5.78 Å². The number of hydrogen-bond donors (Lipinski definition) is 0. The quantitative estimate of drug-likeness (QED) is 0.608. The highest BCUT2D eigenvalue weighted by molar-refractivity contribution is 5.86. The summed E-state index contributed by atoms with van der Waals surface area (Å²) in [5, 5.41) is 0. The second kappa shape index (κ2) is 3.38. The summed E-state index contributed by atoms with van der Waals surface area (Å²) in [4.78, 5) is 10.9. The minimum absolute atomic E-state index is 0.445. The maximum Gasteiger partial charge on any atom is 0.134 e. The molecule has 1 heteroatoms. The Bertz CT molecular complexity index is 133. The van der Waals surface area contributed by atoms with Gasteiger partial charge in [-0.25, -0.2) is 0 Å². The van der Waals surface area contributed by atoms with Crippen LogP contribution in [0.2, 0.25) is 0 Å². The normalized spacial score (nSPS) is 21.5. The Morgan fingerprint density at radius 1 is 1.18 bits per heavy atom. The van der Waals surface area contributed by atoms with Gasteiger partial charge in [-0.15, -0.1) is 0 Å². The molecule has 1 rings (SSSR count). The second-order valence-electron chi connectivity index (χ2n) is 3.89. The fourth-order valence-electron chi connectivity index (χ4n) is 2.32. The van der Waals surface area contributed by atoms with Crippen LogP contribution in [0.15, 0.2) is 0 Å². The lowest BCUT2D eigenvalue weighted by molar-refractivity contribution is -0.133. The largest absolute Gasteiger partial charge is 0.300 e. The molecular formula is C10H18O. The maximum absolute atomic E-state index is 10.9. The molecular weight excluding hydrogens is 136 g/mol. The van der Waals surface area contributed by atoms with Crippen molar-refractivity contribution in [2.24, 2.45) is 5.41 Å². The number of hydrogen-bond acceptors (Lipinski definition) is 1. The van der Waals surface area contributed by atoms with E-state index in [9.17, 15) is 4.79 Å². The van der Waals surface area contributed by atoms with Gasteiger partial charge >= 0.3 is 0 Å². The Morgan fingerprint density at radius 2 is 1.64 bits per heavy atom. The number of carbonyl (C=O) groups excluding carboxylic acids is 1. The van der Waals surface area contributed by atoms with Crippen molar-refractivity contribution in [3.63, 3.8) is 0 Å². The SMILES string of the molecule is CCCC1(CCC)CC(=O)C1. The van der Waals surface area contributed by atoms with E-state index in [1.54, 1.807) is 0 Å². The van der Waals surface area contributed by atoms with Gasteiger partial charge in [0.2, 0.25) is 0 Å². The standard InChI is InChI=1S/C10H18O/c1-3-5-10(6-4-2)7-9(11)8-10/h3-8H2,1-2H3. The van der Waals surface area contributed by atoms with E-state index in [1.165, 1.54) is 25.7 Å². The Balaban J connectivity index is 2.39. The van der Waals surface area contributed by atoms with E-state index in [2.05, 4.69) is 13.8 Å². The first-order chi connectivity index (χ1) is 5.22. The summed E-state index contributed by atoms with van der Waals surface area (Å²) < 4.78 is 0. The predicted octanol–water partition coefficient (Wildman–Crippen LogP) is 2.94. The zero-order valence-corrected chi connectivity index (χ0v) is 7.65. The number of ketones is 1. The van der Waals surface area contributed by atoms with Gasteiger partial charge < -0.3 is 0 Å². The minimum Gasteiger partial charge on any atom is -0.300 e. The third-order valence-electron chi connectivity index (χ3n) is 2.70. The van der Waals surface area contributed by atoms with Crippen LogP contribution >= 0.6 is 0 Å². The van der Waals surface area contributed by atoms with Gasteiger partial charge in [-0.05, 0) is 18.3 Å². The summed E-state index contributed by atoms with van der Waals surface area (Å²) in [5.74, 6) is 0.479. The van der Waals surface area contributed by atoms with E-state index in [-0.39, 0.29) is 0 Å². The zero-order valence-electron chi connectivity index (χ0n) is 7.65. The fourth-order valence-corrected chi connectivity index (χ4v) is 2.32. The van der Waals surface area contributed by atoms with Crippen LogP contribution in [0.5, 0.6) is 0 Å². The lowest BCUT2D eigenvalue weighted by Gasteiger charge is -2.40. The van der Waals surface area contributed by atoms with Crippen LogP contribution in [-0.2, 0) is 4.79 Å². The number of carbonyl (C=O) groups is 1. The van der Waals surface area contributed by atoms with E-state index >= 15 is 0 Å². The Morgan fingerprint density at radius 3 is 1.91 bits per heavy atom. The number of Topliss-reactive ketones (excluding diaryl/α,β-unsaturated/α-hetero) is 1. The molecule has 0 amide bonds. The third kappa shape index (κ3) is 1.82. The molecule has 0 aromatic carbocycles. The molecule has 1 fully saturated rings. The lowest BCUT2D eigenvalue weighted by Crippen LogP contribution is -2.37. The van der Waals surface area contributed by atoms with Gasteiger partial charge in [0.15, 0.2) is 0 Å². The van der Waals surface area contributed by atoms with E-state index in [0.29, 0.717) is 11.2 Å². The van der Waals surface area contributed by atoms with Crippen LogP contribution in [0.3, 0.4) is 0 Å². The molecule has 11 heavy (non-hydrogen) atoms. The van der Waals surface area contributed by atoms with Gasteiger partial charge in [0.05, 0.1) is 0 Å². The molecule has 1 nitrogen and oxygen atoms in total. The smallest absolute Gasteiger partial charge is 0.134 e. The highest BCUT2D eigenvalue weighted by atomic mass is 16.1. The molecule has 0 saturated heterocycles. The van der Waals surface area contributed by atoms with E-state index in [1.807, 2.05) is 0 Å². The highest BCUT2D eigenvalue weighted by Crippen LogP contribution is 2.45. The van der Waals surface area contributed by atoms with Crippen LogP contribution in [0.25, 0.3) is 0 Å². The first-order valence-electron chi connectivity index (χ1n) is 4.74. The molecule has 0 radical (unpaired) electrons. The molecule has 64 valence electrons. The third-order valence-corrected chi connectivity index (χ3v) is 2.70. The van der Waals surface area contributed by atoms with Gasteiger partial charge in [-0.3, -0.25) is 4.79 Å². The molecule has 1 aliphatic carbocycles. The molecule has 0 heterocycles. The maximum atomic E-state index is 10.9. The van der Waals surface area contributed by atoms with Gasteiger partial charge in [0.25, 0.3) is 0 Å². The molecule has 0 spiro atoms. The Hall–Kier alpha value is -0.330. The average molecular weight is 154 g/mol. The van der Waals surface area contributed by atoms with Crippen molar-refractivity contribution in [1.29, 1.82) is 0 Å². The summed E-state index contributed by atoms with van der Waals surface area (Å²) in [7, 11) is 0. The van der Waals surface area contributed by atoms with Crippen LogP contribution in [0.4, 0.5) is 0 Å². The first-order valence-corrected chi connectivity index (χ1v) is 4.74. The molecule has 1 saturated carbocycles. The van der Waals surface area contributed by atoms with Crippen molar-refractivity contribution in [1.82, 2.24) is 0 Å². The molecule has 0 unspecified atom stereocenters.